The molecular weight excluding hydrogens is 323 g/mol. The summed E-state index contributed by atoms with van der Waals surface area (Å²) >= 11 is 0. The van der Waals surface area contributed by atoms with Gasteiger partial charge < -0.3 is 10.1 Å². The molecule has 3 aromatic rings. The number of nitrogens with one attached hydrogen (secondary N) is 1. The number of carbonyl (C=O) groups is 1. The van der Waals surface area contributed by atoms with Crippen LogP contribution in [0, 0.1) is 12.7 Å². The van der Waals surface area contributed by atoms with Gasteiger partial charge in [-0.1, -0.05) is 17.3 Å². The summed E-state index contributed by atoms with van der Waals surface area (Å²) in [5.41, 5.74) is 2.23. The molecule has 0 radical (unpaired) electrons. The van der Waals surface area contributed by atoms with Gasteiger partial charge in [0.25, 0.3) is 5.91 Å². The number of hydrogen-bond donors (Lipinski definition) is 1. The zero-order valence-corrected chi connectivity index (χ0v) is 13.9. The molecule has 1 heterocycles. The SMILES string of the molecule is COc1cccc(CNC(=O)c2cn(-c3ccc(F)c(C)c3)nn2)c1. The molecule has 0 unspecified atom stereocenters. The average Bonchev–Trinajstić information content (AvgIpc) is 3.12. The van der Waals surface area contributed by atoms with Crippen LogP contribution < -0.4 is 10.1 Å². The molecular formula is C18H17FN4O2. The van der Waals surface area contributed by atoms with E-state index < -0.39 is 0 Å². The van der Waals surface area contributed by atoms with Gasteiger partial charge in [0.15, 0.2) is 5.69 Å². The van der Waals surface area contributed by atoms with Crippen molar-refractivity contribution in [1.29, 1.82) is 0 Å². The van der Waals surface area contributed by atoms with Crippen LogP contribution in [0.25, 0.3) is 5.69 Å². The Morgan fingerprint density at radius 2 is 2.12 bits per heavy atom. The van der Waals surface area contributed by atoms with Gasteiger partial charge in [0.05, 0.1) is 19.0 Å². The number of methoxy groups -OCH3 is 1. The molecule has 0 aliphatic carbocycles. The van der Waals surface area contributed by atoms with E-state index in [1.54, 1.807) is 26.2 Å². The number of hydrogen-bond acceptors (Lipinski definition) is 4. The molecule has 1 N–H and O–H groups in total. The molecule has 0 spiro atoms. The van der Waals surface area contributed by atoms with Gasteiger partial charge in [-0.25, -0.2) is 9.07 Å². The van der Waals surface area contributed by atoms with Crippen molar-refractivity contribution in [2.24, 2.45) is 0 Å². The second kappa shape index (κ2) is 7.12. The average molecular weight is 340 g/mol. The van der Waals surface area contributed by atoms with Crippen LogP contribution in [0.3, 0.4) is 0 Å². The molecule has 1 aromatic heterocycles. The number of ether oxygens (including phenoxy) is 1. The van der Waals surface area contributed by atoms with Crippen LogP contribution in [-0.4, -0.2) is 28.0 Å². The molecule has 0 saturated carbocycles. The lowest BCUT2D eigenvalue weighted by Gasteiger charge is -2.05. The molecule has 25 heavy (non-hydrogen) atoms. The van der Waals surface area contributed by atoms with Crippen molar-refractivity contribution >= 4 is 5.91 Å². The van der Waals surface area contributed by atoms with Crippen LogP contribution in [0.2, 0.25) is 0 Å². The third-order valence-corrected chi connectivity index (χ3v) is 3.72. The van der Waals surface area contributed by atoms with Gasteiger partial charge >= 0.3 is 0 Å². The minimum absolute atomic E-state index is 0.185. The number of nitrogens with zero attached hydrogens (tertiary/aromatic N) is 3. The highest BCUT2D eigenvalue weighted by molar-refractivity contribution is 5.91. The molecule has 0 bridgehead atoms. The molecule has 7 heteroatoms. The second-order valence-electron chi connectivity index (χ2n) is 5.52. The Morgan fingerprint density at radius 3 is 2.88 bits per heavy atom. The standard InChI is InChI=1S/C18H17FN4O2/c1-12-8-14(6-7-16(12)19)23-11-17(21-22-23)18(24)20-10-13-4-3-5-15(9-13)25-2/h3-9,11H,10H2,1-2H3,(H,20,24). The van der Waals surface area contributed by atoms with E-state index in [1.807, 2.05) is 24.3 Å². The van der Waals surface area contributed by atoms with Crippen LogP contribution in [0.5, 0.6) is 5.75 Å². The summed E-state index contributed by atoms with van der Waals surface area (Å²) in [6.07, 6.45) is 1.51. The van der Waals surface area contributed by atoms with Gasteiger partial charge in [-0.05, 0) is 48.4 Å². The van der Waals surface area contributed by atoms with Crippen molar-refractivity contribution < 1.29 is 13.9 Å². The van der Waals surface area contributed by atoms with E-state index in [0.29, 0.717) is 17.8 Å². The maximum atomic E-state index is 13.3. The molecule has 0 saturated heterocycles. The molecule has 0 aliphatic heterocycles. The molecule has 0 aliphatic rings. The molecule has 3 rings (SSSR count). The smallest absolute Gasteiger partial charge is 0.273 e. The van der Waals surface area contributed by atoms with Crippen LogP contribution in [-0.2, 0) is 6.54 Å². The summed E-state index contributed by atoms with van der Waals surface area (Å²) in [6, 6.07) is 12.0. The zero-order valence-electron chi connectivity index (χ0n) is 13.9. The Kier molecular flexibility index (Phi) is 4.74. The molecule has 2 aromatic carbocycles. The highest BCUT2D eigenvalue weighted by atomic mass is 19.1. The lowest BCUT2D eigenvalue weighted by molar-refractivity contribution is 0.0946. The van der Waals surface area contributed by atoms with Gasteiger partial charge in [0, 0.05) is 6.54 Å². The largest absolute Gasteiger partial charge is 0.497 e. The Hall–Kier alpha value is -3.22. The third kappa shape index (κ3) is 3.82. The Labute approximate surface area is 144 Å². The zero-order chi connectivity index (χ0) is 17.8. The first-order valence-corrected chi connectivity index (χ1v) is 7.67. The highest BCUT2D eigenvalue weighted by Gasteiger charge is 2.12. The summed E-state index contributed by atoms with van der Waals surface area (Å²) in [6.45, 7) is 2.01. The normalized spacial score (nSPS) is 10.5. The van der Waals surface area contributed by atoms with E-state index in [0.717, 1.165) is 11.3 Å². The lowest BCUT2D eigenvalue weighted by atomic mass is 10.2. The van der Waals surface area contributed by atoms with Gasteiger partial charge in [-0.3, -0.25) is 4.79 Å². The minimum Gasteiger partial charge on any atom is -0.497 e. The number of rotatable bonds is 5. The van der Waals surface area contributed by atoms with E-state index in [2.05, 4.69) is 15.6 Å². The molecule has 0 atom stereocenters. The van der Waals surface area contributed by atoms with Gasteiger partial charge in [0.1, 0.15) is 11.6 Å². The van der Waals surface area contributed by atoms with Gasteiger partial charge in [-0.15, -0.1) is 5.10 Å². The first-order chi connectivity index (χ1) is 12.1. The van der Waals surface area contributed by atoms with Gasteiger partial charge in [-0.2, -0.15) is 0 Å². The second-order valence-corrected chi connectivity index (χ2v) is 5.52. The van der Waals surface area contributed by atoms with E-state index in [9.17, 15) is 9.18 Å². The van der Waals surface area contributed by atoms with Crippen molar-refractivity contribution in [2.75, 3.05) is 7.11 Å². The van der Waals surface area contributed by atoms with Crippen LogP contribution in [0.4, 0.5) is 4.39 Å². The number of carbonyl (C=O) groups excluding carboxylic acids is 1. The third-order valence-electron chi connectivity index (χ3n) is 3.72. The van der Waals surface area contributed by atoms with Crippen molar-refractivity contribution in [3.8, 4) is 11.4 Å². The Bertz CT molecular complexity index is 908. The first-order valence-electron chi connectivity index (χ1n) is 7.67. The van der Waals surface area contributed by atoms with E-state index >= 15 is 0 Å². The van der Waals surface area contributed by atoms with E-state index in [4.69, 9.17) is 4.74 Å². The quantitative estimate of drug-likeness (QED) is 0.775. The summed E-state index contributed by atoms with van der Waals surface area (Å²) in [5, 5.41) is 10.6. The Balaban J connectivity index is 1.69. The van der Waals surface area contributed by atoms with Crippen molar-refractivity contribution in [1.82, 2.24) is 20.3 Å². The predicted molar refractivity (Wildman–Crippen MR) is 90.2 cm³/mol. The summed E-state index contributed by atoms with van der Waals surface area (Å²) in [5.74, 6) is 0.0948. The van der Waals surface area contributed by atoms with Crippen molar-refractivity contribution in [2.45, 2.75) is 13.5 Å². The minimum atomic E-state index is -0.340. The number of aryl methyl sites for hydroxylation is 1. The fraction of sp³-hybridized carbons (Fsp3) is 0.167. The first kappa shape index (κ1) is 16.6. The number of aromatic nitrogens is 3. The van der Waals surface area contributed by atoms with Crippen LogP contribution in [0.15, 0.2) is 48.7 Å². The predicted octanol–water partition coefficient (Wildman–Crippen LogP) is 2.65. The maximum Gasteiger partial charge on any atom is 0.273 e. The number of benzene rings is 2. The van der Waals surface area contributed by atoms with Crippen LogP contribution in [0.1, 0.15) is 21.6 Å². The molecule has 0 fully saturated rings. The molecule has 6 nitrogen and oxygen atoms in total. The Morgan fingerprint density at radius 1 is 1.28 bits per heavy atom. The fourth-order valence-corrected chi connectivity index (χ4v) is 2.32. The monoisotopic (exact) mass is 340 g/mol. The number of halogens is 1. The molecule has 128 valence electrons. The highest BCUT2D eigenvalue weighted by Crippen LogP contribution is 2.14. The fourth-order valence-electron chi connectivity index (χ4n) is 2.32. The molecule has 1 amide bonds. The summed E-state index contributed by atoms with van der Waals surface area (Å²) < 4.78 is 19.9. The maximum absolute atomic E-state index is 13.3. The number of amides is 1. The summed E-state index contributed by atoms with van der Waals surface area (Å²) in [7, 11) is 1.59. The van der Waals surface area contributed by atoms with Gasteiger partial charge in [0.2, 0.25) is 0 Å². The van der Waals surface area contributed by atoms with Crippen molar-refractivity contribution in [3.05, 3.63) is 71.3 Å². The summed E-state index contributed by atoms with van der Waals surface area (Å²) in [4.78, 5) is 12.2. The van der Waals surface area contributed by atoms with Crippen LogP contribution >= 0.6 is 0 Å². The van der Waals surface area contributed by atoms with E-state index in [1.165, 1.54) is 16.9 Å². The lowest BCUT2D eigenvalue weighted by Crippen LogP contribution is -2.23. The van der Waals surface area contributed by atoms with Crippen molar-refractivity contribution in [3.63, 3.8) is 0 Å². The topological polar surface area (TPSA) is 69.0 Å². The van der Waals surface area contributed by atoms with E-state index in [-0.39, 0.29) is 17.4 Å².